The minimum Gasteiger partial charge on any atom is -0.478 e. The lowest BCUT2D eigenvalue weighted by molar-refractivity contribution is 0.0697. The molecule has 0 aliphatic carbocycles. The van der Waals surface area contributed by atoms with Crippen LogP contribution in [0.5, 0.6) is 0 Å². The highest BCUT2D eigenvalue weighted by atomic mass is 35.5. The Hall–Kier alpha value is -2.50. The van der Waals surface area contributed by atoms with Gasteiger partial charge in [-0.2, -0.15) is 5.10 Å². The van der Waals surface area contributed by atoms with Gasteiger partial charge in [0, 0.05) is 10.6 Å². The number of aromatic nitrogens is 2. The Morgan fingerprint density at radius 1 is 1.09 bits per heavy atom. The lowest BCUT2D eigenvalue weighted by Crippen LogP contribution is -2.03. The van der Waals surface area contributed by atoms with Crippen molar-refractivity contribution in [2.45, 2.75) is 0 Å². The minimum atomic E-state index is -0.971. The van der Waals surface area contributed by atoms with E-state index in [2.05, 4.69) is 5.10 Å². The van der Waals surface area contributed by atoms with Crippen molar-refractivity contribution in [2.24, 2.45) is 0 Å². The molecule has 3 rings (SSSR count). The van der Waals surface area contributed by atoms with Gasteiger partial charge in [-0.15, -0.1) is 12.4 Å². The Labute approximate surface area is 143 Å². The molecule has 1 aromatic heterocycles. The second kappa shape index (κ2) is 6.73. The summed E-state index contributed by atoms with van der Waals surface area (Å²) in [5.74, 6) is -0.493. The third-order valence-electron chi connectivity index (χ3n) is 3.32. The van der Waals surface area contributed by atoms with E-state index < -0.39 is 5.97 Å². The van der Waals surface area contributed by atoms with Crippen molar-refractivity contribution >= 4 is 35.8 Å². The van der Waals surface area contributed by atoms with Gasteiger partial charge in [-0.1, -0.05) is 23.7 Å². The summed E-state index contributed by atoms with van der Waals surface area (Å²) in [5.41, 5.74) is 8.77. The van der Waals surface area contributed by atoms with Crippen molar-refractivity contribution in [3.05, 3.63) is 65.3 Å². The maximum absolute atomic E-state index is 10.9. The van der Waals surface area contributed by atoms with Crippen molar-refractivity contribution in [3.8, 4) is 16.8 Å². The Balaban J connectivity index is 0.00000192. The number of rotatable bonds is 3. The maximum Gasteiger partial charge on any atom is 0.335 e. The third-order valence-corrected chi connectivity index (χ3v) is 3.57. The average molecular weight is 350 g/mol. The molecule has 0 bridgehead atoms. The predicted molar refractivity (Wildman–Crippen MR) is 92.6 cm³/mol. The molecule has 0 saturated heterocycles. The number of carbonyl (C=O) groups is 1. The number of aromatic carboxylic acids is 1. The van der Waals surface area contributed by atoms with E-state index in [1.54, 1.807) is 35.1 Å². The van der Waals surface area contributed by atoms with Gasteiger partial charge in [0.15, 0.2) is 0 Å². The fourth-order valence-electron chi connectivity index (χ4n) is 2.16. The molecule has 0 aliphatic rings. The van der Waals surface area contributed by atoms with Crippen LogP contribution in [0.3, 0.4) is 0 Å². The number of nitrogens with two attached hydrogens (primary N) is 1. The van der Waals surface area contributed by atoms with Crippen LogP contribution in [0.25, 0.3) is 16.8 Å². The molecular formula is C16H13Cl2N3O2. The first-order valence-electron chi connectivity index (χ1n) is 6.49. The van der Waals surface area contributed by atoms with Gasteiger partial charge in [-0.25, -0.2) is 9.48 Å². The summed E-state index contributed by atoms with van der Waals surface area (Å²) in [4.78, 5) is 10.9. The average Bonchev–Trinajstić information content (AvgIpc) is 2.90. The van der Waals surface area contributed by atoms with Gasteiger partial charge < -0.3 is 10.8 Å². The summed E-state index contributed by atoms with van der Waals surface area (Å²) in [7, 11) is 0. The van der Waals surface area contributed by atoms with Crippen LogP contribution < -0.4 is 5.73 Å². The standard InChI is InChI=1S/C16H12ClN3O2.ClH/c17-12-5-1-10(2-6-12)14-9-19-20(15(14)18)13-7-3-11(4-8-13)16(21)22;/h1-9H,18H2,(H,21,22);1H. The van der Waals surface area contributed by atoms with E-state index in [0.717, 1.165) is 11.1 Å². The van der Waals surface area contributed by atoms with Crippen molar-refractivity contribution in [3.63, 3.8) is 0 Å². The van der Waals surface area contributed by atoms with Crippen molar-refractivity contribution < 1.29 is 9.90 Å². The molecule has 0 fully saturated rings. The van der Waals surface area contributed by atoms with Crippen LogP contribution in [-0.2, 0) is 0 Å². The van der Waals surface area contributed by atoms with Crippen LogP contribution >= 0.6 is 24.0 Å². The number of anilines is 1. The van der Waals surface area contributed by atoms with Crippen molar-refractivity contribution in [1.29, 1.82) is 0 Å². The zero-order valence-corrected chi connectivity index (χ0v) is 13.4. The molecule has 5 nitrogen and oxygen atoms in total. The van der Waals surface area contributed by atoms with Crippen molar-refractivity contribution in [1.82, 2.24) is 9.78 Å². The molecule has 23 heavy (non-hydrogen) atoms. The van der Waals surface area contributed by atoms with E-state index >= 15 is 0 Å². The molecule has 2 aromatic carbocycles. The van der Waals surface area contributed by atoms with Gasteiger partial charge >= 0.3 is 5.97 Å². The predicted octanol–water partition coefficient (Wildman–Crippen LogP) is 3.89. The fourth-order valence-corrected chi connectivity index (χ4v) is 2.29. The Morgan fingerprint density at radius 3 is 2.26 bits per heavy atom. The summed E-state index contributed by atoms with van der Waals surface area (Å²) in [6, 6.07) is 13.7. The van der Waals surface area contributed by atoms with Crippen LogP contribution in [-0.4, -0.2) is 20.9 Å². The van der Waals surface area contributed by atoms with Gasteiger partial charge in [0.05, 0.1) is 17.4 Å². The van der Waals surface area contributed by atoms with Crippen LogP contribution in [0.15, 0.2) is 54.7 Å². The van der Waals surface area contributed by atoms with E-state index in [1.165, 1.54) is 12.1 Å². The SMILES string of the molecule is Cl.Nc1c(-c2ccc(Cl)cc2)cnn1-c1ccc(C(=O)O)cc1. The molecule has 0 amide bonds. The number of nitrogens with zero attached hydrogens (tertiary/aromatic N) is 2. The summed E-state index contributed by atoms with van der Waals surface area (Å²) in [5, 5.41) is 13.8. The number of halogens is 2. The largest absolute Gasteiger partial charge is 0.478 e. The molecule has 0 aliphatic heterocycles. The highest BCUT2D eigenvalue weighted by Gasteiger charge is 2.11. The topological polar surface area (TPSA) is 81.1 Å². The summed E-state index contributed by atoms with van der Waals surface area (Å²) < 4.78 is 1.57. The van der Waals surface area contributed by atoms with Crippen LogP contribution in [0, 0.1) is 0 Å². The van der Waals surface area contributed by atoms with Gasteiger partial charge in [0.2, 0.25) is 0 Å². The molecular weight excluding hydrogens is 337 g/mol. The number of carboxylic acid groups (broad SMARTS) is 1. The van der Waals surface area contributed by atoms with Crippen LogP contribution in [0.4, 0.5) is 5.82 Å². The number of carboxylic acids is 1. The molecule has 0 radical (unpaired) electrons. The Kier molecular flexibility index (Phi) is 4.93. The smallest absolute Gasteiger partial charge is 0.335 e. The molecule has 0 spiro atoms. The molecule has 1 heterocycles. The summed E-state index contributed by atoms with van der Waals surface area (Å²) in [6.45, 7) is 0. The minimum absolute atomic E-state index is 0. The molecule has 0 unspecified atom stereocenters. The molecule has 118 valence electrons. The Morgan fingerprint density at radius 2 is 1.70 bits per heavy atom. The number of hydrogen-bond donors (Lipinski definition) is 2. The highest BCUT2D eigenvalue weighted by molar-refractivity contribution is 6.30. The fraction of sp³-hybridized carbons (Fsp3) is 0. The quantitative estimate of drug-likeness (QED) is 0.751. The van der Waals surface area contributed by atoms with E-state index in [9.17, 15) is 4.79 Å². The van der Waals surface area contributed by atoms with E-state index in [1.807, 2.05) is 12.1 Å². The zero-order chi connectivity index (χ0) is 15.7. The molecule has 7 heteroatoms. The van der Waals surface area contributed by atoms with E-state index in [-0.39, 0.29) is 18.0 Å². The summed E-state index contributed by atoms with van der Waals surface area (Å²) in [6.07, 6.45) is 1.67. The molecule has 3 N–H and O–H groups in total. The lowest BCUT2D eigenvalue weighted by atomic mass is 10.1. The van der Waals surface area contributed by atoms with Gasteiger partial charge in [-0.3, -0.25) is 0 Å². The van der Waals surface area contributed by atoms with Gasteiger partial charge in [-0.05, 0) is 42.0 Å². The summed E-state index contributed by atoms with van der Waals surface area (Å²) >= 11 is 5.88. The van der Waals surface area contributed by atoms with Crippen LogP contribution in [0.1, 0.15) is 10.4 Å². The number of benzene rings is 2. The van der Waals surface area contributed by atoms with Gasteiger partial charge in [0.1, 0.15) is 5.82 Å². The zero-order valence-electron chi connectivity index (χ0n) is 11.8. The second-order valence-electron chi connectivity index (χ2n) is 4.71. The third kappa shape index (κ3) is 3.31. The maximum atomic E-state index is 10.9. The monoisotopic (exact) mass is 349 g/mol. The molecule has 0 saturated carbocycles. The molecule has 3 aromatic rings. The van der Waals surface area contributed by atoms with Gasteiger partial charge in [0.25, 0.3) is 0 Å². The first-order chi connectivity index (χ1) is 10.6. The number of hydrogen-bond acceptors (Lipinski definition) is 3. The van der Waals surface area contributed by atoms with E-state index in [0.29, 0.717) is 16.5 Å². The molecule has 0 atom stereocenters. The van der Waals surface area contributed by atoms with E-state index in [4.69, 9.17) is 22.4 Å². The number of nitrogen functional groups attached to an aromatic ring is 1. The van der Waals surface area contributed by atoms with Crippen molar-refractivity contribution in [2.75, 3.05) is 5.73 Å². The normalized spacial score (nSPS) is 10.1. The highest BCUT2D eigenvalue weighted by Crippen LogP contribution is 2.28. The second-order valence-corrected chi connectivity index (χ2v) is 5.15. The lowest BCUT2D eigenvalue weighted by Gasteiger charge is -2.06. The first-order valence-corrected chi connectivity index (χ1v) is 6.87. The first kappa shape index (κ1) is 16.9. The Bertz CT molecular complexity index is 828. The van der Waals surface area contributed by atoms with Crippen LogP contribution in [0.2, 0.25) is 5.02 Å².